The maximum atomic E-state index is 12.9. The molecule has 0 aliphatic carbocycles. The highest BCUT2D eigenvalue weighted by molar-refractivity contribution is 5.89. The second-order valence-electron chi connectivity index (χ2n) is 8.80. The van der Waals surface area contributed by atoms with Gasteiger partial charge < -0.3 is 15.0 Å². The van der Waals surface area contributed by atoms with Crippen LogP contribution in [0.2, 0.25) is 0 Å². The number of carbonyl (C=O) groups excluding carboxylic acids is 2. The second-order valence-corrected chi connectivity index (χ2v) is 8.80. The van der Waals surface area contributed by atoms with Gasteiger partial charge in [0.2, 0.25) is 11.8 Å². The number of carbonyl (C=O) groups is 2. The smallest absolute Gasteiger partial charge is 0.225 e. The number of nitrogens with one attached hydrogen (secondary N) is 1. The third-order valence-electron chi connectivity index (χ3n) is 6.52. The molecule has 170 valence electrons. The summed E-state index contributed by atoms with van der Waals surface area (Å²) in [4.78, 5) is 29.6. The Kier molecular flexibility index (Phi) is 7.55. The predicted molar refractivity (Wildman–Crippen MR) is 124 cm³/mol. The minimum absolute atomic E-state index is 0.0228. The number of ether oxygens (including phenoxy) is 1. The quantitative estimate of drug-likeness (QED) is 0.692. The summed E-state index contributed by atoms with van der Waals surface area (Å²) in [5.74, 6) is -0.225. The molecule has 2 aliphatic rings. The van der Waals surface area contributed by atoms with Gasteiger partial charge in [-0.05, 0) is 24.5 Å². The molecule has 32 heavy (non-hydrogen) atoms. The van der Waals surface area contributed by atoms with E-state index in [1.54, 1.807) is 0 Å². The van der Waals surface area contributed by atoms with E-state index in [1.165, 1.54) is 16.7 Å². The SMILES string of the molecule is Cc1ccc(CCN2CC(C(=O)NCC(c3ccccc3)N3CCOCC3)CC2=O)cc1. The third-order valence-corrected chi connectivity index (χ3v) is 6.52. The lowest BCUT2D eigenvalue weighted by molar-refractivity contribution is -0.129. The largest absolute Gasteiger partial charge is 0.379 e. The summed E-state index contributed by atoms with van der Waals surface area (Å²) in [5, 5.41) is 3.14. The van der Waals surface area contributed by atoms with Crippen LogP contribution in [0.3, 0.4) is 0 Å². The zero-order chi connectivity index (χ0) is 22.3. The average molecular weight is 436 g/mol. The van der Waals surface area contributed by atoms with E-state index < -0.39 is 0 Å². The summed E-state index contributed by atoms with van der Waals surface area (Å²) in [5.41, 5.74) is 3.64. The number of hydrogen-bond acceptors (Lipinski definition) is 4. The summed E-state index contributed by atoms with van der Waals surface area (Å²) in [6.07, 6.45) is 1.11. The molecule has 6 nitrogen and oxygen atoms in total. The summed E-state index contributed by atoms with van der Waals surface area (Å²) in [6, 6.07) is 18.8. The molecule has 6 heteroatoms. The average Bonchev–Trinajstić information content (AvgIpc) is 3.21. The Morgan fingerprint density at radius 3 is 2.53 bits per heavy atom. The maximum Gasteiger partial charge on any atom is 0.225 e. The first kappa shape index (κ1) is 22.5. The number of morpholine rings is 1. The third kappa shape index (κ3) is 5.75. The molecular formula is C26H33N3O3. The van der Waals surface area contributed by atoms with Crippen LogP contribution < -0.4 is 5.32 Å². The van der Waals surface area contributed by atoms with E-state index in [0.717, 1.165) is 19.5 Å². The van der Waals surface area contributed by atoms with Gasteiger partial charge in [0, 0.05) is 39.1 Å². The predicted octanol–water partition coefficient (Wildman–Crippen LogP) is 2.58. The van der Waals surface area contributed by atoms with Crippen molar-refractivity contribution in [3.8, 4) is 0 Å². The van der Waals surface area contributed by atoms with Gasteiger partial charge in [-0.15, -0.1) is 0 Å². The van der Waals surface area contributed by atoms with Crippen LogP contribution in [0.25, 0.3) is 0 Å². The van der Waals surface area contributed by atoms with Gasteiger partial charge in [-0.25, -0.2) is 0 Å². The first-order valence-corrected chi connectivity index (χ1v) is 11.6. The fourth-order valence-corrected chi connectivity index (χ4v) is 4.55. The maximum absolute atomic E-state index is 12.9. The number of likely N-dealkylation sites (tertiary alicyclic amines) is 1. The zero-order valence-electron chi connectivity index (χ0n) is 18.8. The van der Waals surface area contributed by atoms with Gasteiger partial charge in [0.15, 0.2) is 0 Å². The molecule has 2 aromatic carbocycles. The number of nitrogens with zero attached hydrogens (tertiary/aromatic N) is 2. The molecule has 0 bridgehead atoms. The summed E-state index contributed by atoms with van der Waals surface area (Å²) in [6.45, 7) is 6.90. The first-order chi connectivity index (χ1) is 15.6. The minimum Gasteiger partial charge on any atom is -0.379 e. The molecule has 0 saturated carbocycles. The molecule has 2 atom stereocenters. The summed E-state index contributed by atoms with van der Waals surface area (Å²) >= 11 is 0. The Hall–Kier alpha value is -2.70. The van der Waals surface area contributed by atoms with E-state index in [-0.39, 0.29) is 23.8 Å². The molecular weight excluding hydrogens is 402 g/mol. The first-order valence-electron chi connectivity index (χ1n) is 11.6. The van der Waals surface area contributed by atoms with E-state index in [9.17, 15) is 9.59 Å². The van der Waals surface area contributed by atoms with Crippen LogP contribution in [-0.4, -0.2) is 67.6 Å². The van der Waals surface area contributed by atoms with E-state index >= 15 is 0 Å². The molecule has 2 aromatic rings. The molecule has 2 fully saturated rings. The normalized spacial score (nSPS) is 20.3. The van der Waals surface area contributed by atoms with Gasteiger partial charge in [-0.3, -0.25) is 14.5 Å². The lowest BCUT2D eigenvalue weighted by Gasteiger charge is -2.35. The van der Waals surface area contributed by atoms with Crippen molar-refractivity contribution >= 4 is 11.8 Å². The molecule has 2 unspecified atom stereocenters. The number of aryl methyl sites for hydroxylation is 1. The topological polar surface area (TPSA) is 61.9 Å². The number of rotatable bonds is 8. The highest BCUT2D eigenvalue weighted by Crippen LogP contribution is 2.23. The molecule has 0 radical (unpaired) electrons. The van der Waals surface area contributed by atoms with Crippen LogP contribution in [0.5, 0.6) is 0 Å². The van der Waals surface area contributed by atoms with Crippen LogP contribution >= 0.6 is 0 Å². The highest BCUT2D eigenvalue weighted by atomic mass is 16.5. The number of hydrogen-bond donors (Lipinski definition) is 1. The van der Waals surface area contributed by atoms with Gasteiger partial charge in [0.1, 0.15) is 0 Å². The van der Waals surface area contributed by atoms with Gasteiger partial charge in [0.05, 0.1) is 25.2 Å². The van der Waals surface area contributed by atoms with Gasteiger partial charge >= 0.3 is 0 Å². The van der Waals surface area contributed by atoms with Crippen molar-refractivity contribution in [2.24, 2.45) is 5.92 Å². The van der Waals surface area contributed by atoms with Crippen LogP contribution in [0.15, 0.2) is 54.6 Å². The molecule has 1 N–H and O–H groups in total. The van der Waals surface area contributed by atoms with Crippen LogP contribution in [0.4, 0.5) is 0 Å². The van der Waals surface area contributed by atoms with Crippen molar-refractivity contribution in [2.75, 3.05) is 45.9 Å². The molecule has 0 spiro atoms. The van der Waals surface area contributed by atoms with Gasteiger partial charge in [-0.2, -0.15) is 0 Å². The molecule has 2 aliphatic heterocycles. The molecule has 2 amide bonds. The van der Waals surface area contributed by atoms with Crippen molar-refractivity contribution in [2.45, 2.75) is 25.8 Å². The monoisotopic (exact) mass is 435 g/mol. The van der Waals surface area contributed by atoms with Gasteiger partial charge in [-0.1, -0.05) is 60.2 Å². The zero-order valence-corrected chi connectivity index (χ0v) is 18.8. The Morgan fingerprint density at radius 2 is 1.81 bits per heavy atom. The fraction of sp³-hybridized carbons (Fsp3) is 0.462. The molecule has 4 rings (SSSR count). The second kappa shape index (κ2) is 10.7. The summed E-state index contributed by atoms with van der Waals surface area (Å²) < 4.78 is 5.50. The van der Waals surface area contributed by atoms with Crippen LogP contribution in [-0.2, 0) is 20.7 Å². The highest BCUT2D eigenvalue weighted by Gasteiger charge is 2.34. The van der Waals surface area contributed by atoms with Crippen molar-refractivity contribution in [3.05, 3.63) is 71.3 Å². The molecule has 0 aromatic heterocycles. The van der Waals surface area contributed by atoms with Crippen LogP contribution in [0, 0.1) is 12.8 Å². The molecule has 2 saturated heterocycles. The van der Waals surface area contributed by atoms with E-state index in [4.69, 9.17) is 4.74 Å². The lowest BCUT2D eigenvalue weighted by atomic mass is 10.0. The van der Waals surface area contributed by atoms with E-state index in [2.05, 4.69) is 53.5 Å². The van der Waals surface area contributed by atoms with Gasteiger partial charge in [0.25, 0.3) is 0 Å². The van der Waals surface area contributed by atoms with E-state index in [1.807, 2.05) is 23.1 Å². The van der Waals surface area contributed by atoms with Crippen molar-refractivity contribution in [1.82, 2.24) is 15.1 Å². The molecule has 2 heterocycles. The van der Waals surface area contributed by atoms with Crippen LogP contribution in [0.1, 0.15) is 29.2 Å². The van der Waals surface area contributed by atoms with E-state index in [0.29, 0.717) is 39.3 Å². The van der Waals surface area contributed by atoms with Crippen molar-refractivity contribution < 1.29 is 14.3 Å². The number of benzene rings is 2. The Labute approximate surface area is 190 Å². The fourth-order valence-electron chi connectivity index (χ4n) is 4.55. The number of amides is 2. The minimum atomic E-state index is -0.276. The Bertz CT molecular complexity index is 894. The Morgan fingerprint density at radius 1 is 1.09 bits per heavy atom. The Balaban J connectivity index is 1.31. The summed E-state index contributed by atoms with van der Waals surface area (Å²) in [7, 11) is 0. The lowest BCUT2D eigenvalue weighted by Crippen LogP contribution is -2.45. The van der Waals surface area contributed by atoms with Crippen molar-refractivity contribution in [1.29, 1.82) is 0 Å². The standard InChI is InChI=1S/C26H33N3O3/c1-20-7-9-21(10-8-20)11-12-29-19-23(17-25(29)30)26(31)27-18-24(22-5-3-2-4-6-22)28-13-15-32-16-14-28/h2-10,23-24H,11-19H2,1H3,(H,27,31). The van der Waals surface area contributed by atoms with Crippen molar-refractivity contribution in [3.63, 3.8) is 0 Å².